The van der Waals surface area contributed by atoms with Crippen molar-refractivity contribution < 1.29 is 28.7 Å². The number of alkyl carbamates (subject to hydrolysis) is 2. The Bertz CT molecular complexity index is 1080. The number of rotatable bonds is 11. The molecule has 0 radical (unpaired) electrons. The first-order valence-electron chi connectivity index (χ1n) is 18.3. The zero-order valence-corrected chi connectivity index (χ0v) is 31.4. The zero-order chi connectivity index (χ0) is 34.5. The molecule has 0 heterocycles. The quantitative estimate of drug-likeness (QED) is 0.145. The molecular formula is C36H58N4O6S2. The molecule has 8 rings (SSSR count). The predicted octanol–water partition coefficient (Wildman–Crippen LogP) is 6.32. The molecule has 10 nitrogen and oxygen atoms in total. The van der Waals surface area contributed by atoms with Crippen molar-refractivity contribution in [1.29, 1.82) is 0 Å². The van der Waals surface area contributed by atoms with Gasteiger partial charge < -0.3 is 30.7 Å². The van der Waals surface area contributed by atoms with Gasteiger partial charge in [-0.25, -0.2) is 9.59 Å². The standard InChI is InChI=1S/C36H58N4O6S2/c1-33(2,3)45-31(43)37-27(29(41)39-35-13-21-7-22(14-35)9-23(8-21)15-35)19-47-48-20-28(38-32(44)46-34(4,5)6)30(42)40-36-16-24-10-25(17-36)12-26(11-24)18-36/h21-28H,7-20H2,1-6H3,(H,37,43)(H,38,44)(H,39,41)(H,40,42)/t21?,22?,23?,24?,25?,26?,27-,28-,35?,36?/m0/s1. The van der Waals surface area contributed by atoms with Crippen molar-refractivity contribution in [3.8, 4) is 0 Å². The molecule has 270 valence electrons. The van der Waals surface area contributed by atoms with Crippen molar-refractivity contribution in [1.82, 2.24) is 21.3 Å². The summed E-state index contributed by atoms with van der Waals surface area (Å²) in [7, 11) is 2.82. The summed E-state index contributed by atoms with van der Waals surface area (Å²) in [6, 6.07) is -1.60. The third-order valence-corrected chi connectivity index (χ3v) is 13.8. The van der Waals surface area contributed by atoms with E-state index < -0.39 is 35.5 Å². The number of hydrogen-bond acceptors (Lipinski definition) is 8. The van der Waals surface area contributed by atoms with Gasteiger partial charge in [-0.1, -0.05) is 21.6 Å². The lowest BCUT2D eigenvalue weighted by Crippen LogP contribution is -2.63. The molecule has 0 spiro atoms. The maximum Gasteiger partial charge on any atom is 0.408 e. The van der Waals surface area contributed by atoms with Gasteiger partial charge in [-0.15, -0.1) is 0 Å². The average molecular weight is 707 g/mol. The van der Waals surface area contributed by atoms with Crippen LogP contribution in [0.5, 0.6) is 0 Å². The monoisotopic (exact) mass is 706 g/mol. The smallest absolute Gasteiger partial charge is 0.408 e. The molecule has 8 bridgehead atoms. The Morgan fingerprint density at radius 2 is 0.833 bits per heavy atom. The molecule has 0 aromatic heterocycles. The molecule has 8 aliphatic carbocycles. The van der Waals surface area contributed by atoms with E-state index in [1.165, 1.54) is 60.1 Å². The van der Waals surface area contributed by atoms with Crippen LogP contribution in [0.15, 0.2) is 0 Å². The fourth-order valence-electron chi connectivity index (χ4n) is 10.7. The second kappa shape index (κ2) is 13.7. The molecule has 48 heavy (non-hydrogen) atoms. The van der Waals surface area contributed by atoms with Gasteiger partial charge in [0.25, 0.3) is 0 Å². The highest BCUT2D eigenvalue weighted by Gasteiger charge is 2.53. The lowest BCUT2D eigenvalue weighted by atomic mass is 9.53. The Morgan fingerprint density at radius 3 is 1.08 bits per heavy atom. The van der Waals surface area contributed by atoms with Gasteiger partial charge in [0.15, 0.2) is 0 Å². The van der Waals surface area contributed by atoms with Gasteiger partial charge in [0.05, 0.1) is 0 Å². The van der Waals surface area contributed by atoms with Crippen LogP contribution >= 0.6 is 21.6 Å². The van der Waals surface area contributed by atoms with Gasteiger partial charge in [-0.3, -0.25) is 9.59 Å². The molecular weight excluding hydrogens is 649 g/mol. The first-order chi connectivity index (χ1) is 22.4. The molecule has 2 atom stereocenters. The molecule has 0 aromatic carbocycles. The number of amides is 4. The Balaban J connectivity index is 1.08. The number of carbonyl (C=O) groups is 4. The molecule has 8 aliphatic rings. The van der Waals surface area contributed by atoms with Crippen LogP contribution in [-0.2, 0) is 19.1 Å². The highest BCUT2D eigenvalue weighted by molar-refractivity contribution is 8.76. The number of carbonyl (C=O) groups excluding carboxylic acids is 4. The summed E-state index contributed by atoms with van der Waals surface area (Å²) >= 11 is 0. The van der Waals surface area contributed by atoms with Crippen molar-refractivity contribution in [3.05, 3.63) is 0 Å². The number of hydrogen-bond donors (Lipinski definition) is 4. The normalized spacial score (nSPS) is 35.8. The van der Waals surface area contributed by atoms with Crippen LogP contribution in [0.25, 0.3) is 0 Å². The lowest BCUT2D eigenvalue weighted by Gasteiger charge is -2.57. The van der Waals surface area contributed by atoms with Crippen LogP contribution < -0.4 is 21.3 Å². The Labute approximate surface area is 294 Å². The molecule has 12 heteroatoms. The van der Waals surface area contributed by atoms with Crippen molar-refractivity contribution in [2.24, 2.45) is 35.5 Å². The molecule has 8 saturated carbocycles. The summed E-state index contributed by atoms with van der Waals surface area (Å²) in [6.07, 6.45) is 12.5. The van der Waals surface area contributed by atoms with Gasteiger partial charge in [0, 0.05) is 22.6 Å². The fraction of sp³-hybridized carbons (Fsp3) is 0.889. The van der Waals surface area contributed by atoms with E-state index in [0.717, 1.165) is 38.5 Å². The van der Waals surface area contributed by atoms with E-state index in [1.54, 1.807) is 41.5 Å². The summed E-state index contributed by atoms with van der Waals surface area (Å²) < 4.78 is 11.1. The molecule has 0 aromatic rings. The first kappa shape index (κ1) is 36.0. The van der Waals surface area contributed by atoms with E-state index in [9.17, 15) is 19.2 Å². The largest absolute Gasteiger partial charge is 0.444 e. The Hall–Kier alpha value is -1.82. The van der Waals surface area contributed by atoms with E-state index in [0.29, 0.717) is 35.5 Å². The molecule has 0 aliphatic heterocycles. The third-order valence-electron chi connectivity index (χ3n) is 11.4. The third kappa shape index (κ3) is 9.09. The molecule has 4 amide bonds. The maximum absolute atomic E-state index is 13.9. The molecule has 8 fully saturated rings. The SMILES string of the molecule is CC(C)(C)OC(=O)N[C@@H](CSSC[C@H](NC(=O)OC(C)(C)C)C(=O)NC12CC3CC(CC(C3)C1)C2)C(=O)NC12CC3CC(CC(C3)C1)C2. The van der Waals surface area contributed by atoms with E-state index in [2.05, 4.69) is 21.3 Å². The van der Waals surface area contributed by atoms with Gasteiger partial charge >= 0.3 is 12.2 Å². The first-order valence-corrected chi connectivity index (χ1v) is 20.8. The van der Waals surface area contributed by atoms with Gasteiger partial charge in [-0.2, -0.15) is 0 Å². The van der Waals surface area contributed by atoms with Crippen molar-refractivity contribution >= 4 is 45.6 Å². The minimum Gasteiger partial charge on any atom is -0.444 e. The predicted molar refractivity (Wildman–Crippen MR) is 189 cm³/mol. The zero-order valence-electron chi connectivity index (χ0n) is 29.8. The maximum atomic E-state index is 13.9. The van der Waals surface area contributed by atoms with Crippen molar-refractivity contribution in [2.45, 2.75) is 153 Å². The van der Waals surface area contributed by atoms with Gasteiger partial charge in [0.1, 0.15) is 23.3 Å². The summed E-state index contributed by atoms with van der Waals surface area (Å²) in [5.74, 6) is 4.29. The Morgan fingerprint density at radius 1 is 0.562 bits per heavy atom. The second-order valence-electron chi connectivity index (χ2n) is 18.3. The summed E-state index contributed by atoms with van der Waals surface area (Å²) in [4.78, 5) is 53.4. The lowest BCUT2D eigenvalue weighted by molar-refractivity contribution is -0.129. The molecule has 4 N–H and O–H groups in total. The van der Waals surface area contributed by atoms with E-state index in [4.69, 9.17) is 9.47 Å². The highest BCUT2D eigenvalue weighted by atomic mass is 33.1. The van der Waals surface area contributed by atoms with Gasteiger partial charge in [-0.05, 0) is 154 Å². The van der Waals surface area contributed by atoms with Crippen molar-refractivity contribution in [2.75, 3.05) is 11.5 Å². The summed E-state index contributed by atoms with van der Waals surface area (Å²) in [5.41, 5.74) is -1.76. The van der Waals surface area contributed by atoms with Crippen LogP contribution in [-0.4, -0.2) is 69.9 Å². The van der Waals surface area contributed by atoms with Gasteiger partial charge in [0.2, 0.25) is 11.8 Å². The van der Waals surface area contributed by atoms with E-state index in [-0.39, 0.29) is 34.4 Å². The van der Waals surface area contributed by atoms with Crippen LogP contribution in [0.2, 0.25) is 0 Å². The number of ether oxygens (including phenoxy) is 2. The molecule has 0 saturated heterocycles. The van der Waals surface area contributed by atoms with E-state index >= 15 is 0 Å². The Kier molecular flexibility index (Phi) is 10.3. The van der Waals surface area contributed by atoms with Crippen LogP contribution in [0.4, 0.5) is 9.59 Å². The topological polar surface area (TPSA) is 135 Å². The summed E-state index contributed by atoms with van der Waals surface area (Å²) in [6.45, 7) is 10.8. The van der Waals surface area contributed by atoms with E-state index in [1.807, 2.05) is 0 Å². The second-order valence-corrected chi connectivity index (χ2v) is 20.9. The number of nitrogens with one attached hydrogen (secondary N) is 4. The van der Waals surface area contributed by atoms with Crippen LogP contribution in [0.1, 0.15) is 119 Å². The average Bonchev–Trinajstić information content (AvgIpc) is 2.89. The summed E-state index contributed by atoms with van der Waals surface area (Å²) in [5, 5.41) is 12.5. The van der Waals surface area contributed by atoms with Crippen LogP contribution in [0, 0.1) is 35.5 Å². The molecule has 0 unspecified atom stereocenters. The van der Waals surface area contributed by atoms with Crippen molar-refractivity contribution in [3.63, 3.8) is 0 Å². The minimum atomic E-state index is -0.802. The fourth-order valence-corrected chi connectivity index (χ4v) is 13.1. The minimum absolute atomic E-state index is 0.182. The van der Waals surface area contributed by atoms with Crippen LogP contribution in [0.3, 0.4) is 0 Å². The highest BCUT2D eigenvalue weighted by Crippen LogP contribution is 2.56.